The van der Waals surface area contributed by atoms with Crippen LogP contribution in [0.1, 0.15) is 42.3 Å². The minimum absolute atomic E-state index is 0.0542. The Hall–Kier alpha value is -1.80. The Labute approximate surface area is 137 Å². The molecule has 23 heavy (non-hydrogen) atoms. The quantitative estimate of drug-likeness (QED) is 0.913. The van der Waals surface area contributed by atoms with E-state index in [9.17, 15) is 4.79 Å². The van der Waals surface area contributed by atoms with Gasteiger partial charge in [0, 0.05) is 26.5 Å². The Morgan fingerprint density at radius 3 is 2.87 bits per heavy atom. The fourth-order valence-corrected chi connectivity index (χ4v) is 4.43. The molecule has 2 aromatic rings. The number of nitrogens with one attached hydrogen (secondary N) is 1. The second-order valence-corrected chi connectivity index (χ2v) is 7.20. The molecule has 8 heteroatoms. The lowest BCUT2D eigenvalue weighted by Gasteiger charge is -2.26. The summed E-state index contributed by atoms with van der Waals surface area (Å²) in [6.07, 6.45) is 3.56. The molecule has 2 aromatic heterocycles. The molecule has 4 rings (SSSR count). The minimum Gasteiger partial charge on any atom is -0.381 e. The molecule has 122 valence electrons. The number of rotatable bonds is 2. The molecular formula is C15H19N5O2S. The second-order valence-electron chi connectivity index (χ2n) is 5.90. The first-order valence-electron chi connectivity index (χ1n) is 7.77. The first-order valence-corrected chi connectivity index (χ1v) is 8.65. The van der Waals surface area contributed by atoms with Gasteiger partial charge in [-0.1, -0.05) is 11.8 Å². The SMILES string of the molecule is CC1=Nc2c(c(=O)[nH]n2C2CCOCC2)C(c2ccnn2C)S1. The molecule has 1 unspecified atom stereocenters. The van der Waals surface area contributed by atoms with Crippen molar-refractivity contribution in [3.05, 3.63) is 33.9 Å². The van der Waals surface area contributed by atoms with E-state index in [0.29, 0.717) is 0 Å². The summed E-state index contributed by atoms with van der Waals surface area (Å²) in [5.41, 5.74) is 1.69. The highest BCUT2D eigenvalue weighted by atomic mass is 32.2. The van der Waals surface area contributed by atoms with E-state index in [1.807, 2.05) is 29.4 Å². The van der Waals surface area contributed by atoms with Crippen molar-refractivity contribution in [2.24, 2.45) is 12.0 Å². The van der Waals surface area contributed by atoms with Gasteiger partial charge in [-0.05, 0) is 25.8 Å². The fourth-order valence-electron chi connectivity index (χ4n) is 3.27. The van der Waals surface area contributed by atoms with Gasteiger partial charge in [-0.15, -0.1) is 0 Å². The zero-order chi connectivity index (χ0) is 16.0. The number of nitrogens with zero attached hydrogens (tertiary/aromatic N) is 4. The minimum atomic E-state index is -0.0696. The van der Waals surface area contributed by atoms with Gasteiger partial charge in [0.15, 0.2) is 5.82 Å². The average molecular weight is 333 g/mol. The molecular weight excluding hydrogens is 314 g/mol. The summed E-state index contributed by atoms with van der Waals surface area (Å²) in [5, 5.41) is 8.15. The van der Waals surface area contributed by atoms with Gasteiger partial charge in [0.05, 0.1) is 27.6 Å². The van der Waals surface area contributed by atoms with Crippen molar-refractivity contribution in [2.45, 2.75) is 31.1 Å². The lowest BCUT2D eigenvalue weighted by Crippen LogP contribution is -2.21. The average Bonchev–Trinajstić information content (AvgIpc) is 3.11. The van der Waals surface area contributed by atoms with E-state index in [1.54, 1.807) is 18.0 Å². The van der Waals surface area contributed by atoms with Crippen LogP contribution in [0.25, 0.3) is 0 Å². The summed E-state index contributed by atoms with van der Waals surface area (Å²) < 4.78 is 9.21. The normalized spacial score (nSPS) is 22.0. The first kappa shape index (κ1) is 14.8. The van der Waals surface area contributed by atoms with E-state index < -0.39 is 0 Å². The molecule has 2 aliphatic heterocycles. The van der Waals surface area contributed by atoms with Gasteiger partial charge in [-0.3, -0.25) is 19.3 Å². The summed E-state index contributed by atoms with van der Waals surface area (Å²) in [5.74, 6) is 0.768. The smallest absolute Gasteiger partial charge is 0.271 e. The van der Waals surface area contributed by atoms with E-state index in [0.717, 1.165) is 48.2 Å². The van der Waals surface area contributed by atoms with E-state index in [2.05, 4.69) is 15.2 Å². The Balaban J connectivity index is 1.84. The van der Waals surface area contributed by atoms with E-state index in [1.165, 1.54) is 0 Å². The van der Waals surface area contributed by atoms with E-state index in [4.69, 9.17) is 4.74 Å². The predicted molar refractivity (Wildman–Crippen MR) is 89.6 cm³/mol. The fraction of sp³-hybridized carbons (Fsp3) is 0.533. The van der Waals surface area contributed by atoms with Crippen LogP contribution in [0.4, 0.5) is 5.82 Å². The molecule has 1 fully saturated rings. The molecule has 1 atom stereocenters. The zero-order valence-electron chi connectivity index (χ0n) is 13.2. The number of aromatic nitrogens is 4. The van der Waals surface area contributed by atoms with Crippen molar-refractivity contribution in [3.63, 3.8) is 0 Å². The number of fused-ring (bicyclic) bond motifs is 1. The van der Waals surface area contributed by atoms with Crippen LogP contribution in [0.3, 0.4) is 0 Å². The van der Waals surface area contributed by atoms with Gasteiger partial charge in [0.1, 0.15) is 0 Å². The van der Waals surface area contributed by atoms with Crippen molar-refractivity contribution in [3.8, 4) is 0 Å². The number of aryl methyl sites for hydroxylation is 1. The largest absolute Gasteiger partial charge is 0.381 e. The molecule has 0 amide bonds. The second kappa shape index (κ2) is 5.68. The Morgan fingerprint density at radius 2 is 2.17 bits per heavy atom. The van der Waals surface area contributed by atoms with Gasteiger partial charge in [-0.2, -0.15) is 5.10 Å². The van der Waals surface area contributed by atoms with Crippen molar-refractivity contribution in [1.82, 2.24) is 19.6 Å². The van der Waals surface area contributed by atoms with Crippen molar-refractivity contribution >= 4 is 22.6 Å². The maximum absolute atomic E-state index is 12.6. The third kappa shape index (κ3) is 2.46. The van der Waals surface area contributed by atoms with Crippen LogP contribution >= 0.6 is 11.8 Å². The monoisotopic (exact) mass is 333 g/mol. The number of ether oxygens (including phenoxy) is 1. The molecule has 7 nitrogen and oxygen atoms in total. The number of hydrogen-bond acceptors (Lipinski definition) is 5. The topological polar surface area (TPSA) is 77.2 Å². The van der Waals surface area contributed by atoms with Gasteiger partial charge in [0.25, 0.3) is 5.56 Å². The lowest BCUT2D eigenvalue weighted by molar-refractivity contribution is 0.0666. The highest BCUT2D eigenvalue weighted by Gasteiger charge is 2.33. The van der Waals surface area contributed by atoms with Gasteiger partial charge < -0.3 is 4.74 Å². The maximum atomic E-state index is 12.6. The van der Waals surface area contributed by atoms with Crippen LogP contribution in [0, 0.1) is 0 Å². The number of aromatic amines is 1. The number of aliphatic imine (C=N–C) groups is 1. The Morgan fingerprint density at radius 1 is 1.39 bits per heavy atom. The third-order valence-electron chi connectivity index (χ3n) is 4.43. The summed E-state index contributed by atoms with van der Waals surface area (Å²) in [6, 6.07) is 2.21. The predicted octanol–water partition coefficient (Wildman–Crippen LogP) is 2.15. The van der Waals surface area contributed by atoms with Crippen LogP contribution in [0.15, 0.2) is 22.1 Å². The Bertz CT molecular complexity index is 812. The van der Waals surface area contributed by atoms with E-state index >= 15 is 0 Å². The molecule has 1 saturated heterocycles. The standard InChI is InChI=1S/C15H19N5O2S/c1-9-17-14-12(13(23-9)11-3-6-16-19(11)2)15(21)18-20(14)10-4-7-22-8-5-10/h3,6,10,13H,4-5,7-8H2,1-2H3,(H,18,21). The summed E-state index contributed by atoms with van der Waals surface area (Å²) in [7, 11) is 1.90. The first-order chi connectivity index (χ1) is 11.1. The molecule has 0 radical (unpaired) electrons. The molecule has 0 spiro atoms. The summed E-state index contributed by atoms with van der Waals surface area (Å²) in [4.78, 5) is 17.3. The van der Waals surface area contributed by atoms with E-state index in [-0.39, 0.29) is 16.9 Å². The van der Waals surface area contributed by atoms with Crippen molar-refractivity contribution < 1.29 is 4.74 Å². The molecule has 4 heterocycles. The van der Waals surface area contributed by atoms with Gasteiger partial charge >= 0.3 is 0 Å². The Kier molecular flexibility index (Phi) is 3.65. The molecule has 0 aromatic carbocycles. The van der Waals surface area contributed by atoms with Crippen LogP contribution < -0.4 is 5.56 Å². The molecule has 2 aliphatic rings. The molecule has 1 N–H and O–H groups in total. The highest BCUT2D eigenvalue weighted by molar-refractivity contribution is 8.14. The highest BCUT2D eigenvalue weighted by Crippen LogP contribution is 2.44. The van der Waals surface area contributed by atoms with Crippen LogP contribution in [-0.4, -0.2) is 37.8 Å². The number of thioether (sulfide) groups is 1. The van der Waals surface area contributed by atoms with Gasteiger partial charge in [-0.25, -0.2) is 4.99 Å². The number of hydrogen-bond donors (Lipinski definition) is 1. The van der Waals surface area contributed by atoms with Gasteiger partial charge in [0.2, 0.25) is 0 Å². The van der Waals surface area contributed by atoms with Crippen LogP contribution in [0.2, 0.25) is 0 Å². The summed E-state index contributed by atoms with van der Waals surface area (Å²) in [6.45, 7) is 3.44. The molecule has 0 bridgehead atoms. The lowest BCUT2D eigenvalue weighted by atomic mass is 10.1. The zero-order valence-corrected chi connectivity index (χ0v) is 14.0. The van der Waals surface area contributed by atoms with Crippen LogP contribution in [-0.2, 0) is 11.8 Å². The molecule has 0 aliphatic carbocycles. The van der Waals surface area contributed by atoms with Crippen LogP contribution in [0.5, 0.6) is 0 Å². The maximum Gasteiger partial charge on any atom is 0.271 e. The third-order valence-corrected chi connectivity index (χ3v) is 5.58. The van der Waals surface area contributed by atoms with Crippen molar-refractivity contribution in [1.29, 1.82) is 0 Å². The van der Waals surface area contributed by atoms with Crippen molar-refractivity contribution in [2.75, 3.05) is 13.2 Å². The molecule has 0 saturated carbocycles. The number of H-pyrrole nitrogens is 1. The summed E-state index contributed by atoms with van der Waals surface area (Å²) >= 11 is 1.61.